The Kier molecular flexibility index (Phi) is 4.16. The number of rotatable bonds is 4. The third kappa shape index (κ3) is 3.53. The molecule has 0 atom stereocenters. The number of hydrogen-bond acceptors (Lipinski definition) is 6. The second-order valence-electron chi connectivity index (χ2n) is 5.50. The highest BCUT2D eigenvalue weighted by Crippen LogP contribution is 2.20. The van der Waals surface area contributed by atoms with Crippen molar-refractivity contribution < 1.29 is 0 Å². The second kappa shape index (κ2) is 6.92. The van der Waals surface area contributed by atoms with Crippen LogP contribution in [-0.2, 0) is 6.42 Å². The molecule has 120 valence electrons. The Balaban J connectivity index is 1.61. The van der Waals surface area contributed by atoms with Gasteiger partial charge in [0.1, 0.15) is 25.3 Å². The maximum atomic E-state index is 4.21. The van der Waals surface area contributed by atoms with Crippen molar-refractivity contribution in [3.8, 4) is 22.8 Å². The van der Waals surface area contributed by atoms with Gasteiger partial charge in [-0.25, -0.2) is 29.9 Å². The van der Waals surface area contributed by atoms with Crippen molar-refractivity contribution in [2.45, 2.75) is 6.42 Å². The second-order valence-corrected chi connectivity index (χ2v) is 5.50. The summed E-state index contributed by atoms with van der Waals surface area (Å²) in [5, 5.41) is 0. The normalized spacial score (nSPS) is 10.6. The van der Waals surface area contributed by atoms with Gasteiger partial charge in [-0.15, -0.1) is 0 Å². The molecule has 0 N–H and O–H groups in total. The smallest absolute Gasteiger partial charge is 0.162 e. The first-order chi connectivity index (χ1) is 12.4. The van der Waals surface area contributed by atoms with Crippen molar-refractivity contribution in [3.63, 3.8) is 0 Å². The van der Waals surface area contributed by atoms with Crippen LogP contribution in [0.15, 0.2) is 73.8 Å². The van der Waals surface area contributed by atoms with E-state index in [0.29, 0.717) is 11.6 Å². The molecule has 0 saturated carbocycles. The molecule has 25 heavy (non-hydrogen) atoms. The van der Waals surface area contributed by atoms with Crippen molar-refractivity contribution in [2.75, 3.05) is 0 Å². The average Bonchev–Trinajstić information content (AvgIpc) is 2.70. The van der Waals surface area contributed by atoms with Crippen LogP contribution in [0.3, 0.4) is 0 Å². The van der Waals surface area contributed by atoms with E-state index in [1.54, 1.807) is 0 Å². The van der Waals surface area contributed by atoms with Crippen molar-refractivity contribution in [3.05, 3.63) is 85.0 Å². The third-order valence-corrected chi connectivity index (χ3v) is 3.77. The van der Waals surface area contributed by atoms with E-state index in [9.17, 15) is 0 Å². The Morgan fingerprint density at radius 1 is 0.560 bits per heavy atom. The molecule has 4 rings (SSSR count). The Labute approximate surface area is 144 Å². The van der Waals surface area contributed by atoms with Crippen LogP contribution in [-0.4, -0.2) is 29.9 Å². The van der Waals surface area contributed by atoms with Crippen LogP contribution in [0.25, 0.3) is 22.8 Å². The zero-order valence-electron chi connectivity index (χ0n) is 13.3. The predicted molar refractivity (Wildman–Crippen MR) is 93.3 cm³/mol. The number of aromatic nitrogens is 6. The lowest BCUT2D eigenvalue weighted by Crippen LogP contribution is -1.94. The first kappa shape index (κ1) is 15.0. The van der Waals surface area contributed by atoms with Gasteiger partial charge in [-0.05, 0) is 29.7 Å². The zero-order chi connectivity index (χ0) is 16.9. The maximum absolute atomic E-state index is 4.21. The molecular formula is C19H14N6. The lowest BCUT2D eigenvalue weighted by Gasteiger charge is -2.06. The van der Waals surface area contributed by atoms with Gasteiger partial charge >= 0.3 is 0 Å². The van der Waals surface area contributed by atoms with Crippen LogP contribution in [0.5, 0.6) is 0 Å². The molecule has 0 saturated heterocycles. The molecule has 0 aliphatic heterocycles. The van der Waals surface area contributed by atoms with E-state index in [4.69, 9.17) is 0 Å². The van der Waals surface area contributed by atoms with Crippen LogP contribution in [0.2, 0.25) is 0 Å². The lowest BCUT2D eigenvalue weighted by atomic mass is 10.0. The molecule has 2 aromatic heterocycles. The predicted octanol–water partition coefficient (Wildman–Crippen LogP) is 2.98. The molecule has 0 bridgehead atoms. The molecule has 0 aliphatic carbocycles. The van der Waals surface area contributed by atoms with E-state index >= 15 is 0 Å². The van der Waals surface area contributed by atoms with Crippen molar-refractivity contribution >= 4 is 0 Å². The molecule has 0 fully saturated rings. The summed E-state index contributed by atoms with van der Waals surface area (Å²) in [5.74, 6) is 1.35. The summed E-state index contributed by atoms with van der Waals surface area (Å²) in [6, 6.07) is 16.4. The molecular weight excluding hydrogens is 312 g/mol. The van der Waals surface area contributed by atoms with Crippen molar-refractivity contribution in [1.82, 2.24) is 29.9 Å². The minimum absolute atomic E-state index is 0.677. The SMILES string of the molecule is c1cc(Cc2cccc(-c3ncncn3)c2)cc(-c2ncncn2)c1. The summed E-state index contributed by atoms with van der Waals surface area (Å²) in [6.07, 6.45) is 6.83. The van der Waals surface area contributed by atoms with Crippen molar-refractivity contribution in [1.29, 1.82) is 0 Å². The molecule has 6 nitrogen and oxygen atoms in total. The van der Waals surface area contributed by atoms with Crippen LogP contribution < -0.4 is 0 Å². The maximum Gasteiger partial charge on any atom is 0.162 e. The van der Waals surface area contributed by atoms with Gasteiger partial charge in [0.25, 0.3) is 0 Å². The largest absolute Gasteiger partial charge is 0.225 e. The highest BCUT2D eigenvalue weighted by molar-refractivity contribution is 5.57. The lowest BCUT2D eigenvalue weighted by molar-refractivity contribution is 1.05. The summed E-state index contributed by atoms with van der Waals surface area (Å²) in [4.78, 5) is 24.5. The Hall–Kier alpha value is -3.54. The summed E-state index contributed by atoms with van der Waals surface area (Å²) in [7, 11) is 0. The molecule has 2 aromatic carbocycles. The number of nitrogens with zero attached hydrogens (tertiary/aromatic N) is 6. The molecule has 0 spiro atoms. The van der Waals surface area contributed by atoms with E-state index in [2.05, 4.69) is 54.2 Å². The van der Waals surface area contributed by atoms with E-state index in [1.165, 1.54) is 36.4 Å². The molecule has 4 aromatic rings. The minimum atomic E-state index is 0.677. The average molecular weight is 326 g/mol. The fraction of sp³-hybridized carbons (Fsp3) is 0.0526. The van der Waals surface area contributed by atoms with Crippen LogP contribution in [0, 0.1) is 0 Å². The van der Waals surface area contributed by atoms with Crippen LogP contribution >= 0.6 is 0 Å². The van der Waals surface area contributed by atoms with Gasteiger partial charge in [0.2, 0.25) is 0 Å². The summed E-state index contributed by atoms with van der Waals surface area (Å²) < 4.78 is 0. The summed E-state index contributed by atoms with van der Waals surface area (Å²) >= 11 is 0. The van der Waals surface area contributed by atoms with Gasteiger partial charge in [0.15, 0.2) is 11.6 Å². The zero-order valence-corrected chi connectivity index (χ0v) is 13.3. The summed E-state index contributed by atoms with van der Waals surface area (Å²) in [6.45, 7) is 0. The van der Waals surface area contributed by atoms with Gasteiger partial charge in [-0.3, -0.25) is 0 Å². The highest BCUT2D eigenvalue weighted by atomic mass is 15.0. The first-order valence-electron chi connectivity index (χ1n) is 7.81. The molecule has 0 amide bonds. The Morgan fingerprint density at radius 2 is 1.00 bits per heavy atom. The van der Waals surface area contributed by atoms with Gasteiger partial charge in [0.05, 0.1) is 0 Å². The van der Waals surface area contributed by atoms with E-state index in [-0.39, 0.29) is 0 Å². The fourth-order valence-electron chi connectivity index (χ4n) is 2.65. The molecule has 6 heteroatoms. The standard InChI is InChI=1S/C19H14N6/c1-3-14(8-16(5-1)18-22-10-20-11-23-18)7-15-4-2-6-17(9-15)19-24-12-21-13-25-19/h1-6,8-13H,7H2. The number of benzene rings is 2. The topological polar surface area (TPSA) is 77.3 Å². The van der Waals surface area contributed by atoms with E-state index in [0.717, 1.165) is 17.5 Å². The van der Waals surface area contributed by atoms with Crippen LogP contribution in [0.1, 0.15) is 11.1 Å². The molecule has 2 heterocycles. The minimum Gasteiger partial charge on any atom is -0.225 e. The molecule has 0 unspecified atom stereocenters. The highest BCUT2D eigenvalue weighted by Gasteiger charge is 2.05. The van der Waals surface area contributed by atoms with Gasteiger partial charge in [-0.1, -0.05) is 36.4 Å². The summed E-state index contributed by atoms with van der Waals surface area (Å²) in [5.41, 5.74) is 4.33. The third-order valence-electron chi connectivity index (χ3n) is 3.77. The molecule has 0 aliphatic rings. The Morgan fingerprint density at radius 3 is 1.44 bits per heavy atom. The quantitative estimate of drug-likeness (QED) is 0.574. The van der Waals surface area contributed by atoms with Gasteiger partial charge in [0, 0.05) is 11.1 Å². The van der Waals surface area contributed by atoms with Gasteiger partial charge < -0.3 is 0 Å². The van der Waals surface area contributed by atoms with E-state index < -0.39 is 0 Å². The van der Waals surface area contributed by atoms with E-state index in [1.807, 2.05) is 24.3 Å². The first-order valence-corrected chi connectivity index (χ1v) is 7.81. The number of hydrogen-bond donors (Lipinski definition) is 0. The van der Waals surface area contributed by atoms with Gasteiger partial charge in [-0.2, -0.15) is 0 Å². The van der Waals surface area contributed by atoms with Crippen molar-refractivity contribution in [2.24, 2.45) is 0 Å². The molecule has 0 radical (unpaired) electrons. The fourth-order valence-corrected chi connectivity index (χ4v) is 2.65. The monoisotopic (exact) mass is 326 g/mol. The van der Waals surface area contributed by atoms with Crippen LogP contribution in [0.4, 0.5) is 0 Å². The Bertz CT molecular complexity index is 892.